The number of hydrogen-bond acceptors (Lipinski definition) is 5. The van der Waals surface area contributed by atoms with Crippen molar-refractivity contribution in [1.82, 2.24) is 14.5 Å². The van der Waals surface area contributed by atoms with E-state index in [0.717, 1.165) is 23.0 Å². The minimum absolute atomic E-state index is 0.0649. The minimum atomic E-state index is -4.62. The molecule has 0 saturated carbocycles. The van der Waals surface area contributed by atoms with E-state index in [4.69, 9.17) is 0 Å². The van der Waals surface area contributed by atoms with Crippen molar-refractivity contribution >= 4 is 20.7 Å². The van der Waals surface area contributed by atoms with Crippen LogP contribution in [0.3, 0.4) is 0 Å². The summed E-state index contributed by atoms with van der Waals surface area (Å²) in [6.45, 7) is 1.43. The van der Waals surface area contributed by atoms with Crippen LogP contribution in [-0.2, 0) is 16.0 Å². The first-order chi connectivity index (χ1) is 12.1. The predicted octanol–water partition coefficient (Wildman–Crippen LogP) is 2.59. The van der Waals surface area contributed by atoms with Crippen molar-refractivity contribution in [3.8, 4) is 5.82 Å². The van der Waals surface area contributed by atoms with Gasteiger partial charge in [-0.3, -0.25) is 4.79 Å². The number of rotatable bonds is 3. The van der Waals surface area contributed by atoms with Crippen molar-refractivity contribution in [2.45, 2.75) is 18.0 Å². The van der Waals surface area contributed by atoms with Crippen LogP contribution >= 0.6 is 0 Å². The molecule has 136 valence electrons. The normalized spacial score (nSPS) is 12.5. The molecular formula is C16H12F3N3O3S. The van der Waals surface area contributed by atoms with E-state index in [9.17, 15) is 26.4 Å². The van der Waals surface area contributed by atoms with Gasteiger partial charge in [0.2, 0.25) is 0 Å². The molecule has 2 aromatic heterocycles. The second kappa shape index (κ2) is 6.20. The maximum absolute atomic E-state index is 12.9. The molecule has 0 amide bonds. The van der Waals surface area contributed by atoms with Gasteiger partial charge in [0.25, 0.3) is 5.56 Å². The van der Waals surface area contributed by atoms with Gasteiger partial charge < -0.3 is 0 Å². The SMILES string of the molecule is CCS(=O)(=O)c1cccnc1-n1cnc2ccc(C(F)(F)F)cc2c1=O. The van der Waals surface area contributed by atoms with Gasteiger partial charge in [0.1, 0.15) is 11.2 Å². The number of sulfone groups is 1. The van der Waals surface area contributed by atoms with Crippen molar-refractivity contribution in [3.63, 3.8) is 0 Å². The summed E-state index contributed by atoms with van der Waals surface area (Å²) in [5.74, 6) is -0.425. The first-order valence-electron chi connectivity index (χ1n) is 7.42. The molecule has 3 rings (SSSR count). The lowest BCUT2D eigenvalue weighted by molar-refractivity contribution is -0.137. The number of benzene rings is 1. The number of hydrogen-bond donors (Lipinski definition) is 0. The summed E-state index contributed by atoms with van der Waals surface area (Å²) in [6.07, 6.45) is -2.29. The van der Waals surface area contributed by atoms with Crippen LogP contribution in [0.4, 0.5) is 13.2 Å². The molecule has 6 nitrogen and oxygen atoms in total. The van der Waals surface area contributed by atoms with Crippen LogP contribution in [0.5, 0.6) is 0 Å². The van der Waals surface area contributed by atoms with Gasteiger partial charge in [-0.2, -0.15) is 13.2 Å². The molecule has 0 N–H and O–H groups in total. The number of fused-ring (bicyclic) bond motifs is 1. The molecule has 0 aliphatic carbocycles. The molecule has 1 aromatic carbocycles. The van der Waals surface area contributed by atoms with Gasteiger partial charge in [0.15, 0.2) is 15.7 Å². The van der Waals surface area contributed by atoms with Gasteiger partial charge in [-0.15, -0.1) is 0 Å². The minimum Gasteiger partial charge on any atom is -0.268 e. The maximum Gasteiger partial charge on any atom is 0.416 e. The molecule has 10 heteroatoms. The zero-order valence-electron chi connectivity index (χ0n) is 13.4. The first kappa shape index (κ1) is 18.1. The Balaban J connectivity index is 2.32. The lowest BCUT2D eigenvalue weighted by atomic mass is 10.1. The zero-order chi connectivity index (χ0) is 19.1. The van der Waals surface area contributed by atoms with Crippen LogP contribution in [0.25, 0.3) is 16.7 Å². The molecule has 0 radical (unpaired) electrons. The molecule has 2 heterocycles. The van der Waals surface area contributed by atoms with Crippen LogP contribution in [0, 0.1) is 0 Å². The molecule has 0 spiro atoms. The Morgan fingerprint density at radius 1 is 1.15 bits per heavy atom. The summed E-state index contributed by atoms with van der Waals surface area (Å²) in [6, 6.07) is 5.29. The highest BCUT2D eigenvalue weighted by atomic mass is 32.2. The van der Waals surface area contributed by atoms with Crippen molar-refractivity contribution in [3.05, 3.63) is 58.8 Å². The highest BCUT2D eigenvalue weighted by Crippen LogP contribution is 2.30. The standard InChI is InChI=1S/C16H12F3N3O3S/c1-2-26(24,25)13-4-3-7-20-14(13)22-9-21-12-6-5-10(16(17,18)19)8-11(12)15(22)23/h3-9H,2H2,1H3. The van der Waals surface area contributed by atoms with E-state index in [1.807, 2.05) is 0 Å². The molecule has 0 unspecified atom stereocenters. The summed E-state index contributed by atoms with van der Waals surface area (Å²) in [5.41, 5.74) is -1.77. The van der Waals surface area contributed by atoms with E-state index in [-0.39, 0.29) is 27.4 Å². The highest BCUT2D eigenvalue weighted by Gasteiger charge is 2.31. The molecule has 0 bridgehead atoms. The summed E-state index contributed by atoms with van der Waals surface area (Å²) in [5, 5.41) is -0.284. The van der Waals surface area contributed by atoms with E-state index < -0.39 is 27.1 Å². The first-order valence-corrected chi connectivity index (χ1v) is 9.07. The number of pyridine rings is 1. The van der Waals surface area contributed by atoms with Gasteiger partial charge in [-0.1, -0.05) is 6.92 Å². The van der Waals surface area contributed by atoms with Crippen molar-refractivity contribution in [1.29, 1.82) is 0 Å². The topological polar surface area (TPSA) is 81.9 Å². The van der Waals surface area contributed by atoms with Crippen LogP contribution < -0.4 is 5.56 Å². The van der Waals surface area contributed by atoms with Crippen molar-refractivity contribution < 1.29 is 21.6 Å². The quantitative estimate of drug-likeness (QED) is 0.694. The Hall–Kier alpha value is -2.75. The third-order valence-electron chi connectivity index (χ3n) is 3.78. The van der Waals surface area contributed by atoms with E-state index in [0.29, 0.717) is 6.07 Å². The maximum atomic E-state index is 12.9. The molecule has 0 saturated heterocycles. The molecule has 0 fully saturated rings. The number of halogens is 3. The van der Waals surface area contributed by atoms with Crippen molar-refractivity contribution in [2.75, 3.05) is 5.75 Å². The summed E-state index contributed by atoms with van der Waals surface area (Å²) < 4.78 is 64.0. The predicted molar refractivity (Wildman–Crippen MR) is 87.9 cm³/mol. The van der Waals surface area contributed by atoms with E-state index in [1.54, 1.807) is 0 Å². The molecular weight excluding hydrogens is 371 g/mol. The summed E-state index contributed by atoms with van der Waals surface area (Å²) >= 11 is 0. The van der Waals surface area contributed by atoms with E-state index in [2.05, 4.69) is 9.97 Å². The third-order valence-corrected chi connectivity index (χ3v) is 5.53. The van der Waals surface area contributed by atoms with Gasteiger partial charge in [0, 0.05) is 6.20 Å². The van der Waals surface area contributed by atoms with Gasteiger partial charge in [0.05, 0.1) is 22.2 Å². The smallest absolute Gasteiger partial charge is 0.268 e. The van der Waals surface area contributed by atoms with Crippen molar-refractivity contribution in [2.24, 2.45) is 0 Å². The lowest BCUT2D eigenvalue weighted by Gasteiger charge is -2.11. The second-order valence-electron chi connectivity index (χ2n) is 5.38. The Morgan fingerprint density at radius 2 is 1.88 bits per heavy atom. The molecule has 3 aromatic rings. The number of nitrogens with zero attached hydrogens (tertiary/aromatic N) is 3. The van der Waals surface area contributed by atoms with Gasteiger partial charge >= 0.3 is 6.18 Å². The molecule has 0 aliphatic heterocycles. The average Bonchev–Trinajstić information content (AvgIpc) is 2.61. The van der Waals surface area contributed by atoms with Crippen LogP contribution in [0.2, 0.25) is 0 Å². The van der Waals surface area contributed by atoms with Gasteiger partial charge in [-0.05, 0) is 30.3 Å². The third kappa shape index (κ3) is 3.07. The monoisotopic (exact) mass is 383 g/mol. The largest absolute Gasteiger partial charge is 0.416 e. The fraction of sp³-hybridized carbons (Fsp3) is 0.188. The Bertz CT molecular complexity index is 1150. The fourth-order valence-electron chi connectivity index (χ4n) is 2.41. The Morgan fingerprint density at radius 3 is 2.54 bits per heavy atom. The molecule has 0 aliphatic rings. The van der Waals surface area contributed by atoms with Crippen LogP contribution in [0.15, 0.2) is 52.5 Å². The van der Waals surface area contributed by atoms with Gasteiger partial charge in [-0.25, -0.2) is 23.0 Å². The Kier molecular flexibility index (Phi) is 4.31. The molecule has 0 atom stereocenters. The summed E-state index contributed by atoms with van der Waals surface area (Å²) in [4.78, 5) is 20.4. The number of aromatic nitrogens is 3. The molecule has 26 heavy (non-hydrogen) atoms. The van der Waals surface area contributed by atoms with E-state index >= 15 is 0 Å². The zero-order valence-corrected chi connectivity index (χ0v) is 14.2. The fourth-order valence-corrected chi connectivity index (χ4v) is 3.44. The van der Waals surface area contributed by atoms with E-state index in [1.165, 1.54) is 25.3 Å². The van der Waals surface area contributed by atoms with Crippen LogP contribution in [0.1, 0.15) is 12.5 Å². The average molecular weight is 383 g/mol. The second-order valence-corrected chi connectivity index (χ2v) is 7.62. The Labute approximate surface area is 145 Å². The lowest BCUT2D eigenvalue weighted by Crippen LogP contribution is -2.23. The highest BCUT2D eigenvalue weighted by molar-refractivity contribution is 7.91. The van der Waals surface area contributed by atoms with Crippen LogP contribution in [-0.4, -0.2) is 28.7 Å². The summed E-state index contributed by atoms with van der Waals surface area (Å²) in [7, 11) is -3.71. The number of alkyl halides is 3.